The highest BCUT2D eigenvalue weighted by Crippen LogP contribution is 2.07. The molecule has 28 heavy (non-hydrogen) atoms. The highest BCUT2D eigenvalue weighted by molar-refractivity contribution is 5.23. The van der Waals surface area contributed by atoms with Crippen molar-refractivity contribution in [2.24, 2.45) is 5.73 Å². The Morgan fingerprint density at radius 2 is 1.64 bits per heavy atom. The maximum atomic E-state index is 6.16. The van der Waals surface area contributed by atoms with Crippen LogP contribution in [0.2, 0.25) is 0 Å². The van der Waals surface area contributed by atoms with Crippen LogP contribution in [0.25, 0.3) is 0 Å². The first-order valence-corrected chi connectivity index (χ1v) is 10.6. The summed E-state index contributed by atoms with van der Waals surface area (Å²) in [5, 5.41) is 0. The van der Waals surface area contributed by atoms with Gasteiger partial charge in [-0.1, -0.05) is 84.5 Å². The van der Waals surface area contributed by atoms with Crippen LogP contribution >= 0.6 is 0 Å². The predicted molar refractivity (Wildman–Crippen MR) is 128 cm³/mol. The summed E-state index contributed by atoms with van der Waals surface area (Å²) in [6.45, 7) is 21.9. The molecule has 0 aliphatic rings. The van der Waals surface area contributed by atoms with Crippen molar-refractivity contribution in [2.75, 3.05) is 20.2 Å². The van der Waals surface area contributed by atoms with Crippen molar-refractivity contribution in [3.8, 4) is 0 Å². The molecule has 0 saturated carbocycles. The van der Waals surface area contributed by atoms with Gasteiger partial charge in [0.25, 0.3) is 0 Å². The number of allylic oxidation sites excluding steroid dienone is 4. The molecule has 3 heteroatoms. The van der Waals surface area contributed by atoms with Crippen molar-refractivity contribution in [1.82, 2.24) is 4.90 Å². The van der Waals surface area contributed by atoms with Crippen LogP contribution in [0.15, 0.2) is 66.5 Å². The van der Waals surface area contributed by atoms with Gasteiger partial charge in [0, 0.05) is 13.1 Å². The van der Waals surface area contributed by atoms with E-state index in [4.69, 9.17) is 10.5 Å². The molecule has 0 radical (unpaired) electrons. The van der Waals surface area contributed by atoms with Gasteiger partial charge in [-0.3, -0.25) is 0 Å². The van der Waals surface area contributed by atoms with E-state index in [1.165, 1.54) is 5.56 Å². The highest BCUT2D eigenvalue weighted by Gasteiger charge is 2.08. The van der Waals surface area contributed by atoms with E-state index in [1.54, 1.807) is 6.08 Å². The topological polar surface area (TPSA) is 38.5 Å². The van der Waals surface area contributed by atoms with E-state index in [0.717, 1.165) is 24.4 Å². The molecule has 3 nitrogen and oxygen atoms in total. The molecular formula is C25H46N2O. The molecule has 0 aliphatic carbocycles. The average molecular weight is 391 g/mol. The number of benzene rings is 1. The predicted octanol–water partition coefficient (Wildman–Crippen LogP) is 6.58. The summed E-state index contributed by atoms with van der Waals surface area (Å²) in [5.41, 5.74) is 8.52. The Hall–Kier alpha value is -1.84. The van der Waals surface area contributed by atoms with Crippen molar-refractivity contribution in [2.45, 2.75) is 68.0 Å². The Bertz CT molecular complexity index is 507. The van der Waals surface area contributed by atoms with Gasteiger partial charge in [0.1, 0.15) is 12.4 Å². The lowest BCUT2D eigenvalue weighted by Crippen LogP contribution is -2.38. The fourth-order valence-corrected chi connectivity index (χ4v) is 2.11. The second-order valence-corrected chi connectivity index (χ2v) is 5.54. The molecule has 0 spiro atoms. The van der Waals surface area contributed by atoms with E-state index < -0.39 is 0 Å². The molecule has 2 N–H and O–H groups in total. The molecule has 162 valence electrons. The summed E-state index contributed by atoms with van der Waals surface area (Å²) in [6, 6.07) is 10.4. The normalized spacial score (nSPS) is 11.7. The third-order valence-corrected chi connectivity index (χ3v) is 3.28. The first kappa shape index (κ1) is 30.9. The molecule has 1 unspecified atom stereocenters. The maximum Gasteiger partial charge on any atom is 0.115 e. The molecule has 0 bridgehead atoms. The summed E-state index contributed by atoms with van der Waals surface area (Å²) in [4.78, 5) is 2.21. The number of rotatable bonds is 9. The SMILES string of the molecule is C=C/C(C)=C\C(=C/C)OCC(N)CN(C)Cc1ccccc1.CC.CC.CC. The molecule has 1 rings (SSSR count). The van der Waals surface area contributed by atoms with Crippen molar-refractivity contribution in [3.05, 3.63) is 72.0 Å². The van der Waals surface area contributed by atoms with Gasteiger partial charge >= 0.3 is 0 Å². The fourth-order valence-electron chi connectivity index (χ4n) is 2.11. The van der Waals surface area contributed by atoms with Gasteiger partial charge in [0.2, 0.25) is 0 Å². The minimum atomic E-state index is -0.0268. The first-order chi connectivity index (χ1) is 13.5. The lowest BCUT2D eigenvalue weighted by molar-refractivity contribution is 0.178. The molecule has 0 fully saturated rings. The Balaban J connectivity index is -0.000000946. The van der Waals surface area contributed by atoms with E-state index in [0.29, 0.717) is 6.61 Å². The number of nitrogens with two attached hydrogens (primary N) is 1. The number of nitrogens with zero attached hydrogens (tertiary/aromatic N) is 1. The molecule has 0 amide bonds. The summed E-state index contributed by atoms with van der Waals surface area (Å²) < 4.78 is 5.76. The van der Waals surface area contributed by atoms with Crippen molar-refractivity contribution < 1.29 is 4.74 Å². The largest absolute Gasteiger partial charge is 0.492 e. The zero-order valence-corrected chi connectivity index (χ0v) is 20.0. The van der Waals surface area contributed by atoms with Crippen LogP contribution in [-0.4, -0.2) is 31.1 Å². The van der Waals surface area contributed by atoms with Gasteiger partial charge in [0.05, 0.1) is 6.04 Å². The molecule has 1 atom stereocenters. The molecule has 1 aromatic rings. The van der Waals surface area contributed by atoms with Gasteiger partial charge in [0.15, 0.2) is 0 Å². The van der Waals surface area contributed by atoms with Crippen LogP contribution < -0.4 is 5.73 Å². The van der Waals surface area contributed by atoms with Crippen molar-refractivity contribution in [1.29, 1.82) is 0 Å². The summed E-state index contributed by atoms with van der Waals surface area (Å²) in [5.74, 6) is 0.832. The fraction of sp³-hybridized carbons (Fsp3) is 0.520. The first-order valence-electron chi connectivity index (χ1n) is 10.6. The van der Waals surface area contributed by atoms with Crippen LogP contribution in [0.4, 0.5) is 0 Å². The Morgan fingerprint density at radius 3 is 2.11 bits per heavy atom. The Morgan fingerprint density at radius 1 is 1.11 bits per heavy atom. The van der Waals surface area contributed by atoms with Gasteiger partial charge in [-0.15, -0.1) is 0 Å². The van der Waals surface area contributed by atoms with E-state index in [9.17, 15) is 0 Å². The number of ether oxygens (including phenoxy) is 1. The average Bonchev–Trinajstić information content (AvgIpc) is 2.75. The standard InChI is InChI=1S/C19H28N2O.3C2H6/c1-5-16(3)12-19(6-2)22-15-18(20)14-21(4)13-17-10-8-7-9-11-17;3*1-2/h5-12,18H,1,13-15,20H2,2-4H3;3*1-2H3/b16-12-,19-6+;;;. The molecular weight excluding hydrogens is 344 g/mol. The van der Waals surface area contributed by atoms with E-state index in [-0.39, 0.29) is 6.04 Å². The number of likely N-dealkylation sites (N-methyl/N-ethyl adjacent to an activating group) is 1. The van der Waals surface area contributed by atoms with E-state index in [2.05, 4.69) is 42.8 Å². The second kappa shape index (κ2) is 23.2. The number of hydrogen-bond donors (Lipinski definition) is 1. The van der Waals surface area contributed by atoms with Crippen LogP contribution in [0.3, 0.4) is 0 Å². The molecule has 0 heterocycles. The minimum absolute atomic E-state index is 0.0268. The second-order valence-electron chi connectivity index (χ2n) is 5.54. The molecule has 0 aromatic heterocycles. The quantitative estimate of drug-likeness (QED) is 0.382. The number of hydrogen-bond acceptors (Lipinski definition) is 3. The van der Waals surface area contributed by atoms with Crippen LogP contribution in [0.5, 0.6) is 0 Å². The lowest BCUT2D eigenvalue weighted by Gasteiger charge is -2.21. The Kier molecular flexibility index (Phi) is 25.6. The zero-order chi connectivity index (χ0) is 22.4. The summed E-state index contributed by atoms with van der Waals surface area (Å²) in [6.07, 6.45) is 5.71. The van der Waals surface area contributed by atoms with Crippen LogP contribution in [-0.2, 0) is 11.3 Å². The van der Waals surface area contributed by atoms with E-state index in [1.807, 2.05) is 73.6 Å². The van der Waals surface area contributed by atoms with Crippen LogP contribution in [0.1, 0.15) is 61.0 Å². The summed E-state index contributed by atoms with van der Waals surface area (Å²) in [7, 11) is 2.07. The van der Waals surface area contributed by atoms with Crippen molar-refractivity contribution in [3.63, 3.8) is 0 Å². The highest BCUT2D eigenvalue weighted by atomic mass is 16.5. The van der Waals surface area contributed by atoms with Crippen molar-refractivity contribution >= 4 is 0 Å². The molecule has 0 saturated heterocycles. The van der Waals surface area contributed by atoms with Gasteiger partial charge in [-0.25, -0.2) is 0 Å². The summed E-state index contributed by atoms with van der Waals surface area (Å²) >= 11 is 0. The monoisotopic (exact) mass is 390 g/mol. The van der Waals surface area contributed by atoms with E-state index >= 15 is 0 Å². The third kappa shape index (κ3) is 17.6. The molecule has 0 aliphatic heterocycles. The maximum absolute atomic E-state index is 6.16. The lowest BCUT2D eigenvalue weighted by atomic mass is 10.2. The van der Waals surface area contributed by atoms with Gasteiger partial charge < -0.3 is 15.4 Å². The smallest absolute Gasteiger partial charge is 0.115 e. The zero-order valence-electron chi connectivity index (χ0n) is 20.0. The van der Waals surface area contributed by atoms with Gasteiger partial charge in [-0.2, -0.15) is 0 Å². The Labute approximate surface area is 176 Å². The minimum Gasteiger partial charge on any atom is -0.492 e. The van der Waals surface area contributed by atoms with Gasteiger partial charge in [-0.05, 0) is 44.2 Å². The molecule has 1 aromatic carbocycles. The van der Waals surface area contributed by atoms with Crippen LogP contribution in [0, 0.1) is 0 Å². The third-order valence-electron chi connectivity index (χ3n) is 3.28.